The Morgan fingerprint density at radius 1 is 1.44 bits per heavy atom. The zero-order valence-corrected chi connectivity index (χ0v) is 10.7. The van der Waals surface area contributed by atoms with Crippen LogP contribution in [-0.2, 0) is 0 Å². The van der Waals surface area contributed by atoms with Gasteiger partial charge in [0.15, 0.2) is 0 Å². The fourth-order valence-corrected chi connectivity index (χ4v) is 2.41. The Bertz CT molecular complexity index is 535. The van der Waals surface area contributed by atoms with E-state index in [0.29, 0.717) is 11.7 Å². The molecule has 0 aromatic carbocycles. The molecular formula is C11H13N5OS. The van der Waals surface area contributed by atoms with E-state index in [2.05, 4.69) is 20.5 Å². The highest BCUT2D eigenvalue weighted by atomic mass is 32.2. The molecule has 2 aromatic rings. The smallest absolute Gasteiger partial charge is 0.214 e. The van der Waals surface area contributed by atoms with E-state index in [1.54, 1.807) is 13.1 Å². The van der Waals surface area contributed by atoms with Gasteiger partial charge in [0, 0.05) is 11.1 Å². The molecule has 0 saturated heterocycles. The van der Waals surface area contributed by atoms with Crippen LogP contribution in [0.5, 0.6) is 0 Å². The van der Waals surface area contributed by atoms with Crippen molar-refractivity contribution in [3.05, 3.63) is 24.0 Å². The molecule has 1 aliphatic carbocycles. The van der Waals surface area contributed by atoms with Crippen LogP contribution in [0.3, 0.4) is 0 Å². The van der Waals surface area contributed by atoms with Crippen LogP contribution in [0.4, 0.5) is 0 Å². The lowest BCUT2D eigenvalue weighted by Crippen LogP contribution is -1.99. The van der Waals surface area contributed by atoms with Crippen molar-refractivity contribution in [1.29, 1.82) is 0 Å². The van der Waals surface area contributed by atoms with Crippen LogP contribution < -0.4 is 0 Å². The summed E-state index contributed by atoms with van der Waals surface area (Å²) in [5.41, 5.74) is 0.668. The predicted molar refractivity (Wildman–Crippen MR) is 65.1 cm³/mol. The molecule has 94 valence electrons. The van der Waals surface area contributed by atoms with Crippen molar-refractivity contribution >= 4 is 11.8 Å². The maximum atomic E-state index is 9.39. The molecule has 0 bridgehead atoms. The highest BCUT2D eigenvalue weighted by Crippen LogP contribution is 2.37. The Hall–Kier alpha value is -1.47. The number of pyridine rings is 1. The Kier molecular flexibility index (Phi) is 3.00. The lowest BCUT2D eigenvalue weighted by Gasteiger charge is -2.05. The zero-order valence-electron chi connectivity index (χ0n) is 9.89. The van der Waals surface area contributed by atoms with Crippen LogP contribution in [0.2, 0.25) is 0 Å². The lowest BCUT2D eigenvalue weighted by molar-refractivity contribution is 0.194. The van der Waals surface area contributed by atoms with Gasteiger partial charge in [-0.1, -0.05) is 0 Å². The summed E-state index contributed by atoms with van der Waals surface area (Å²) < 4.78 is 1.87. The second-order valence-corrected chi connectivity index (χ2v) is 5.37. The summed E-state index contributed by atoms with van der Waals surface area (Å²) in [6, 6.07) is 4.20. The van der Waals surface area contributed by atoms with E-state index in [1.807, 2.05) is 16.8 Å². The molecule has 0 radical (unpaired) electrons. The van der Waals surface area contributed by atoms with Crippen LogP contribution in [-0.4, -0.2) is 30.3 Å². The topological polar surface area (TPSA) is 76.7 Å². The zero-order chi connectivity index (χ0) is 12.5. The molecule has 2 heterocycles. The Morgan fingerprint density at radius 2 is 2.28 bits per heavy atom. The third-order valence-electron chi connectivity index (χ3n) is 2.75. The quantitative estimate of drug-likeness (QED) is 0.903. The van der Waals surface area contributed by atoms with Gasteiger partial charge in [-0.2, -0.15) is 0 Å². The van der Waals surface area contributed by atoms with Crippen molar-refractivity contribution in [2.75, 3.05) is 0 Å². The lowest BCUT2D eigenvalue weighted by atomic mass is 10.2. The van der Waals surface area contributed by atoms with Crippen LogP contribution in [0.15, 0.2) is 28.4 Å². The van der Waals surface area contributed by atoms with Gasteiger partial charge in [-0.3, -0.25) is 4.98 Å². The van der Waals surface area contributed by atoms with Gasteiger partial charge in [0.25, 0.3) is 0 Å². The predicted octanol–water partition coefficient (Wildman–Crippen LogP) is 1.61. The average Bonchev–Trinajstić information content (AvgIpc) is 3.11. The first-order valence-electron chi connectivity index (χ1n) is 5.84. The van der Waals surface area contributed by atoms with Crippen molar-refractivity contribution in [2.24, 2.45) is 0 Å². The number of rotatable bonds is 4. The SMILES string of the molecule is C[C@@H](O)c1ccc(Sc2nnnn2C2CC2)cn1. The minimum absolute atomic E-state index is 0.465. The van der Waals surface area contributed by atoms with E-state index in [0.717, 1.165) is 22.9 Å². The molecule has 3 rings (SSSR count). The van der Waals surface area contributed by atoms with Crippen molar-refractivity contribution in [3.8, 4) is 0 Å². The van der Waals surface area contributed by atoms with Crippen molar-refractivity contribution in [2.45, 2.75) is 42.0 Å². The molecule has 2 aromatic heterocycles. The summed E-state index contributed by atoms with van der Waals surface area (Å²) >= 11 is 1.49. The van der Waals surface area contributed by atoms with Gasteiger partial charge in [0.2, 0.25) is 5.16 Å². The molecular weight excluding hydrogens is 250 g/mol. The Morgan fingerprint density at radius 3 is 2.89 bits per heavy atom. The third kappa shape index (κ3) is 2.37. The van der Waals surface area contributed by atoms with Gasteiger partial charge in [0.05, 0.1) is 17.8 Å². The van der Waals surface area contributed by atoms with Crippen molar-refractivity contribution in [3.63, 3.8) is 0 Å². The number of hydrogen-bond acceptors (Lipinski definition) is 6. The number of nitrogens with zero attached hydrogens (tertiary/aromatic N) is 5. The molecule has 18 heavy (non-hydrogen) atoms. The minimum atomic E-state index is -0.541. The van der Waals surface area contributed by atoms with Gasteiger partial charge >= 0.3 is 0 Å². The summed E-state index contributed by atoms with van der Waals surface area (Å²) in [7, 11) is 0. The minimum Gasteiger partial charge on any atom is -0.387 e. The van der Waals surface area contributed by atoms with Gasteiger partial charge in [-0.25, -0.2) is 4.68 Å². The summed E-state index contributed by atoms with van der Waals surface area (Å²) in [5, 5.41) is 21.9. The Labute approximate surface area is 108 Å². The molecule has 7 heteroatoms. The van der Waals surface area contributed by atoms with Crippen LogP contribution >= 0.6 is 11.8 Å². The maximum Gasteiger partial charge on any atom is 0.214 e. The van der Waals surface area contributed by atoms with Gasteiger partial charge in [0.1, 0.15) is 0 Å². The highest BCUT2D eigenvalue weighted by molar-refractivity contribution is 7.99. The van der Waals surface area contributed by atoms with Gasteiger partial charge in [-0.05, 0) is 54.1 Å². The fourth-order valence-electron chi connectivity index (χ4n) is 1.61. The van der Waals surface area contributed by atoms with Crippen LogP contribution in [0, 0.1) is 0 Å². The van der Waals surface area contributed by atoms with E-state index in [1.165, 1.54) is 11.8 Å². The van der Waals surface area contributed by atoms with E-state index in [4.69, 9.17) is 0 Å². The van der Waals surface area contributed by atoms with Crippen molar-refractivity contribution in [1.82, 2.24) is 25.2 Å². The maximum absolute atomic E-state index is 9.39. The number of aliphatic hydroxyl groups is 1. The first-order chi connectivity index (χ1) is 8.74. The van der Waals surface area contributed by atoms with Crippen molar-refractivity contribution < 1.29 is 5.11 Å². The monoisotopic (exact) mass is 263 g/mol. The molecule has 1 saturated carbocycles. The van der Waals surface area contributed by atoms with Crippen LogP contribution in [0.25, 0.3) is 0 Å². The largest absolute Gasteiger partial charge is 0.387 e. The summed E-state index contributed by atoms with van der Waals surface area (Å²) in [6.07, 6.45) is 3.50. The molecule has 0 amide bonds. The Balaban J connectivity index is 1.77. The fraction of sp³-hybridized carbons (Fsp3) is 0.455. The number of aromatic nitrogens is 5. The molecule has 1 N–H and O–H groups in total. The summed E-state index contributed by atoms with van der Waals surface area (Å²) in [4.78, 5) is 5.17. The van der Waals surface area contributed by atoms with Gasteiger partial charge < -0.3 is 5.11 Å². The average molecular weight is 263 g/mol. The molecule has 1 aliphatic rings. The molecule has 0 spiro atoms. The summed E-state index contributed by atoms with van der Waals surface area (Å²) in [6.45, 7) is 1.70. The second-order valence-electron chi connectivity index (χ2n) is 4.33. The third-order valence-corrected chi connectivity index (χ3v) is 3.68. The normalized spacial score (nSPS) is 16.8. The summed E-state index contributed by atoms with van der Waals surface area (Å²) in [5.74, 6) is 0. The molecule has 0 unspecified atom stereocenters. The molecule has 6 nitrogen and oxygen atoms in total. The number of aliphatic hydroxyl groups excluding tert-OH is 1. The number of hydrogen-bond donors (Lipinski definition) is 1. The first kappa shape index (κ1) is 11.6. The second kappa shape index (κ2) is 4.66. The molecule has 0 aliphatic heterocycles. The van der Waals surface area contributed by atoms with E-state index in [-0.39, 0.29) is 0 Å². The number of tetrazole rings is 1. The van der Waals surface area contributed by atoms with E-state index in [9.17, 15) is 5.11 Å². The van der Waals surface area contributed by atoms with Gasteiger partial charge in [-0.15, -0.1) is 5.10 Å². The van der Waals surface area contributed by atoms with E-state index >= 15 is 0 Å². The highest BCUT2D eigenvalue weighted by Gasteiger charge is 2.28. The molecule has 1 fully saturated rings. The standard InChI is InChI=1S/C11H13N5OS/c1-7(17)10-5-4-9(6-12-10)18-11-13-14-15-16(11)8-2-3-8/h4-8,17H,2-3H2,1H3/t7-/m1/s1. The van der Waals surface area contributed by atoms with E-state index < -0.39 is 6.10 Å². The van der Waals surface area contributed by atoms with Crippen LogP contribution in [0.1, 0.15) is 37.6 Å². The first-order valence-corrected chi connectivity index (χ1v) is 6.65. The molecule has 1 atom stereocenters.